The zero-order valence-electron chi connectivity index (χ0n) is 13.4. The van der Waals surface area contributed by atoms with E-state index >= 15 is 0 Å². The van der Waals surface area contributed by atoms with E-state index in [4.69, 9.17) is 4.74 Å². The lowest BCUT2D eigenvalue weighted by Crippen LogP contribution is -2.59. The molecule has 0 heterocycles. The van der Waals surface area contributed by atoms with Crippen LogP contribution in [0.25, 0.3) is 0 Å². The molecule has 1 aromatic rings. The Bertz CT molecular complexity index is 462. The molecule has 4 nitrogen and oxygen atoms in total. The van der Waals surface area contributed by atoms with E-state index in [1.165, 1.54) is 12.1 Å². The maximum Gasteiger partial charge on any atom is 0.327 e. The van der Waals surface area contributed by atoms with Gasteiger partial charge in [-0.15, -0.1) is 0 Å². The van der Waals surface area contributed by atoms with E-state index in [9.17, 15) is 9.18 Å². The monoisotopic (exact) mass is 296 g/mol. The van der Waals surface area contributed by atoms with Crippen molar-refractivity contribution in [1.29, 1.82) is 0 Å². The molecular weight excluding hydrogens is 271 g/mol. The van der Waals surface area contributed by atoms with Crippen LogP contribution in [0.2, 0.25) is 0 Å². The normalized spacial score (nSPS) is 13.9. The molecule has 5 heteroatoms. The van der Waals surface area contributed by atoms with Crippen LogP contribution in [0, 0.1) is 5.82 Å². The summed E-state index contributed by atoms with van der Waals surface area (Å²) in [5.74, 6) is -0.562. The number of hydrogen-bond donors (Lipinski definition) is 1. The standard InChI is InChI=1S/C16H25FN2O2/c1-6-21-15(20)16(4,18-12(2)3)11-19(5)14-9-7-13(17)8-10-14/h7-10,12,18H,6,11H2,1-5H3. The number of anilines is 1. The van der Waals surface area contributed by atoms with Gasteiger partial charge in [-0.3, -0.25) is 5.32 Å². The summed E-state index contributed by atoms with van der Waals surface area (Å²) in [5.41, 5.74) is 0.0188. The Labute approximate surface area is 126 Å². The molecular formula is C16H25FN2O2. The molecule has 0 fully saturated rings. The zero-order chi connectivity index (χ0) is 16.0. The lowest BCUT2D eigenvalue weighted by Gasteiger charge is -2.35. The predicted octanol–water partition coefficient (Wildman–Crippen LogP) is 2.58. The van der Waals surface area contributed by atoms with E-state index in [1.807, 2.05) is 32.7 Å². The molecule has 0 aliphatic rings. The number of likely N-dealkylation sites (N-methyl/N-ethyl adjacent to an activating group) is 1. The third kappa shape index (κ3) is 5.01. The number of rotatable bonds is 7. The SMILES string of the molecule is CCOC(=O)C(C)(CN(C)c1ccc(F)cc1)NC(C)C. The molecule has 0 saturated carbocycles. The minimum absolute atomic E-state index is 0.140. The summed E-state index contributed by atoms with van der Waals surface area (Å²) in [7, 11) is 1.87. The van der Waals surface area contributed by atoms with Crippen molar-refractivity contribution in [2.45, 2.75) is 39.3 Å². The molecule has 1 rings (SSSR count). The van der Waals surface area contributed by atoms with Crippen molar-refractivity contribution < 1.29 is 13.9 Å². The second-order valence-corrected chi connectivity index (χ2v) is 5.68. The van der Waals surface area contributed by atoms with E-state index in [1.54, 1.807) is 19.1 Å². The summed E-state index contributed by atoms with van der Waals surface area (Å²) < 4.78 is 18.2. The van der Waals surface area contributed by atoms with Crippen molar-refractivity contribution >= 4 is 11.7 Å². The number of hydrogen-bond acceptors (Lipinski definition) is 4. The van der Waals surface area contributed by atoms with Gasteiger partial charge in [0, 0.05) is 25.3 Å². The molecule has 118 valence electrons. The maximum absolute atomic E-state index is 13.0. The van der Waals surface area contributed by atoms with Gasteiger partial charge in [0.15, 0.2) is 0 Å². The van der Waals surface area contributed by atoms with Crippen LogP contribution in [0.4, 0.5) is 10.1 Å². The molecule has 1 unspecified atom stereocenters. The van der Waals surface area contributed by atoms with Gasteiger partial charge < -0.3 is 9.64 Å². The Morgan fingerprint density at radius 1 is 1.38 bits per heavy atom. The molecule has 0 amide bonds. The highest BCUT2D eigenvalue weighted by Gasteiger charge is 2.36. The van der Waals surface area contributed by atoms with E-state index in [0.29, 0.717) is 13.2 Å². The second-order valence-electron chi connectivity index (χ2n) is 5.68. The molecule has 21 heavy (non-hydrogen) atoms. The third-order valence-electron chi connectivity index (χ3n) is 3.15. The molecule has 0 aliphatic heterocycles. The predicted molar refractivity (Wildman–Crippen MR) is 83.0 cm³/mol. The minimum Gasteiger partial charge on any atom is -0.465 e. The smallest absolute Gasteiger partial charge is 0.327 e. The van der Waals surface area contributed by atoms with Crippen molar-refractivity contribution in [2.75, 3.05) is 25.1 Å². The van der Waals surface area contributed by atoms with Crippen molar-refractivity contribution in [3.05, 3.63) is 30.1 Å². The first-order valence-corrected chi connectivity index (χ1v) is 7.20. The highest BCUT2D eigenvalue weighted by Crippen LogP contribution is 2.18. The van der Waals surface area contributed by atoms with Crippen molar-refractivity contribution in [2.24, 2.45) is 0 Å². The van der Waals surface area contributed by atoms with Crippen molar-refractivity contribution in [3.63, 3.8) is 0 Å². The average Bonchev–Trinajstić information content (AvgIpc) is 2.38. The molecule has 0 aromatic heterocycles. The molecule has 0 bridgehead atoms. The Hall–Kier alpha value is -1.62. The van der Waals surface area contributed by atoms with Crippen LogP contribution in [-0.2, 0) is 9.53 Å². The topological polar surface area (TPSA) is 41.6 Å². The molecule has 0 aliphatic carbocycles. The minimum atomic E-state index is -0.826. The van der Waals surface area contributed by atoms with Gasteiger partial charge in [-0.1, -0.05) is 0 Å². The lowest BCUT2D eigenvalue weighted by atomic mass is 10.00. The van der Waals surface area contributed by atoms with Gasteiger partial charge >= 0.3 is 5.97 Å². The summed E-state index contributed by atoms with van der Waals surface area (Å²) in [6.07, 6.45) is 0. The van der Waals surface area contributed by atoms with Gasteiger partial charge in [-0.25, -0.2) is 9.18 Å². The van der Waals surface area contributed by atoms with Gasteiger partial charge in [-0.2, -0.15) is 0 Å². The molecule has 1 atom stereocenters. The fourth-order valence-electron chi connectivity index (χ4n) is 2.36. The number of halogens is 1. The summed E-state index contributed by atoms with van der Waals surface area (Å²) in [5, 5.41) is 3.26. The fraction of sp³-hybridized carbons (Fsp3) is 0.562. The summed E-state index contributed by atoms with van der Waals surface area (Å²) in [4.78, 5) is 14.2. The van der Waals surface area contributed by atoms with Gasteiger partial charge in [0.25, 0.3) is 0 Å². The molecule has 0 spiro atoms. The quantitative estimate of drug-likeness (QED) is 0.785. The number of carbonyl (C=O) groups excluding carboxylic acids is 1. The summed E-state index contributed by atoms with van der Waals surface area (Å²) in [6.45, 7) is 8.34. The Kier molecular flexibility index (Phi) is 6.15. The molecule has 0 saturated heterocycles. The number of benzene rings is 1. The first-order valence-electron chi connectivity index (χ1n) is 7.20. The van der Waals surface area contributed by atoms with Gasteiger partial charge in [0.2, 0.25) is 0 Å². The number of nitrogens with zero attached hydrogens (tertiary/aromatic N) is 1. The Balaban J connectivity index is 2.89. The van der Waals surface area contributed by atoms with Gasteiger partial charge in [0.1, 0.15) is 11.4 Å². The highest BCUT2D eigenvalue weighted by molar-refractivity contribution is 5.81. The van der Waals surface area contributed by atoms with Crippen LogP contribution >= 0.6 is 0 Å². The Morgan fingerprint density at radius 3 is 2.43 bits per heavy atom. The van der Waals surface area contributed by atoms with Gasteiger partial charge in [-0.05, 0) is 52.0 Å². The van der Waals surface area contributed by atoms with E-state index in [0.717, 1.165) is 5.69 Å². The fourth-order valence-corrected chi connectivity index (χ4v) is 2.36. The molecule has 1 aromatic carbocycles. The van der Waals surface area contributed by atoms with Crippen LogP contribution in [0.5, 0.6) is 0 Å². The summed E-state index contributed by atoms with van der Waals surface area (Å²) in [6, 6.07) is 6.33. The molecule has 0 radical (unpaired) electrons. The van der Waals surface area contributed by atoms with Crippen LogP contribution in [0.3, 0.4) is 0 Å². The van der Waals surface area contributed by atoms with Crippen LogP contribution < -0.4 is 10.2 Å². The van der Waals surface area contributed by atoms with Crippen LogP contribution in [-0.4, -0.2) is 37.7 Å². The van der Waals surface area contributed by atoms with E-state index in [2.05, 4.69) is 5.32 Å². The maximum atomic E-state index is 13.0. The zero-order valence-corrected chi connectivity index (χ0v) is 13.4. The van der Waals surface area contributed by atoms with Crippen molar-refractivity contribution in [1.82, 2.24) is 5.32 Å². The molecule has 1 N–H and O–H groups in total. The van der Waals surface area contributed by atoms with E-state index in [-0.39, 0.29) is 17.8 Å². The first kappa shape index (κ1) is 17.4. The highest BCUT2D eigenvalue weighted by atomic mass is 19.1. The van der Waals surface area contributed by atoms with Gasteiger partial charge in [0.05, 0.1) is 6.61 Å². The first-order chi connectivity index (χ1) is 9.78. The number of carbonyl (C=O) groups is 1. The lowest BCUT2D eigenvalue weighted by molar-refractivity contribution is -0.150. The van der Waals surface area contributed by atoms with Crippen LogP contribution in [0.15, 0.2) is 24.3 Å². The Morgan fingerprint density at radius 2 is 1.95 bits per heavy atom. The number of nitrogens with one attached hydrogen (secondary N) is 1. The summed E-state index contributed by atoms with van der Waals surface area (Å²) >= 11 is 0. The van der Waals surface area contributed by atoms with Crippen LogP contribution in [0.1, 0.15) is 27.7 Å². The number of ether oxygens (including phenoxy) is 1. The largest absolute Gasteiger partial charge is 0.465 e. The average molecular weight is 296 g/mol. The second kappa shape index (κ2) is 7.41. The van der Waals surface area contributed by atoms with E-state index < -0.39 is 5.54 Å². The van der Waals surface area contributed by atoms with Crippen molar-refractivity contribution in [3.8, 4) is 0 Å². The third-order valence-corrected chi connectivity index (χ3v) is 3.15. The number of esters is 1.